The number of fused-ring (bicyclic) bond motifs is 1. The Hall–Kier alpha value is -1.88. The fourth-order valence-corrected chi connectivity index (χ4v) is 2.76. The van der Waals surface area contributed by atoms with Crippen molar-refractivity contribution < 1.29 is 9.90 Å². The Kier molecular flexibility index (Phi) is 2.98. The van der Waals surface area contributed by atoms with Crippen LogP contribution in [0, 0.1) is 0 Å². The summed E-state index contributed by atoms with van der Waals surface area (Å²) in [5.41, 5.74) is 1.81. The summed E-state index contributed by atoms with van der Waals surface area (Å²) >= 11 is 0. The van der Waals surface area contributed by atoms with Gasteiger partial charge in [-0.05, 0) is 31.6 Å². The number of likely N-dealkylation sites (N-methyl/N-ethyl adjacent to an activating group) is 1. The zero-order chi connectivity index (χ0) is 13.4. The number of aromatic nitrogens is 2. The van der Waals surface area contributed by atoms with Crippen LogP contribution in [0.1, 0.15) is 35.3 Å². The number of carboxylic acids is 1. The molecule has 0 radical (unpaired) electrons. The van der Waals surface area contributed by atoms with Crippen LogP contribution >= 0.6 is 0 Å². The number of hydrogen-bond acceptors (Lipinski definition) is 3. The molecule has 0 saturated carbocycles. The number of carboxylic acid groups (broad SMARTS) is 1. The van der Waals surface area contributed by atoms with Gasteiger partial charge in [-0.2, -0.15) is 0 Å². The standard InChI is InChI=1S/C14H17N3O2/c1-2-16-7-5-10(8-16)12-9-17-6-3-4-11(14(18)19)13(17)15-12/h3-4,6,9-10H,2,5,7-8H2,1H3,(H,18,19). The Morgan fingerprint density at radius 2 is 2.42 bits per heavy atom. The minimum absolute atomic E-state index is 0.263. The maximum absolute atomic E-state index is 11.2. The maximum atomic E-state index is 11.2. The average Bonchev–Trinajstić information content (AvgIpc) is 3.03. The molecule has 5 heteroatoms. The van der Waals surface area contributed by atoms with Gasteiger partial charge >= 0.3 is 5.97 Å². The second-order valence-corrected chi connectivity index (χ2v) is 5.00. The predicted octanol–water partition coefficient (Wildman–Crippen LogP) is 1.84. The molecule has 1 N–H and O–H groups in total. The van der Waals surface area contributed by atoms with E-state index >= 15 is 0 Å². The van der Waals surface area contributed by atoms with Crippen LogP contribution in [0.25, 0.3) is 5.65 Å². The number of rotatable bonds is 3. The SMILES string of the molecule is CCN1CCC(c2cn3cccc(C(=O)O)c3n2)C1. The Morgan fingerprint density at radius 1 is 1.58 bits per heavy atom. The van der Waals surface area contributed by atoms with Crippen LogP contribution < -0.4 is 0 Å². The van der Waals surface area contributed by atoms with Crippen LogP contribution in [0.4, 0.5) is 0 Å². The van der Waals surface area contributed by atoms with Crippen molar-refractivity contribution in [3.05, 3.63) is 35.8 Å². The monoisotopic (exact) mass is 259 g/mol. The van der Waals surface area contributed by atoms with E-state index in [1.165, 1.54) is 0 Å². The molecular weight excluding hydrogens is 242 g/mol. The summed E-state index contributed by atoms with van der Waals surface area (Å²) < 4.78 is 1.81. The number of hydrogen-bond donors (Lipinski definition) is 1. The molecule has 1 saturated heterocycles. The van der Waals surface area contributed by atoms with E-state index in [-0.39, 0.29) is 5.56 Å². The molecule has 3 heterocycles. The largest absolute Gasteiger partial charge is 0.478 e. The fraction of sp³-hybridized carbons (Fsp3) is 0.429. The molecule has 1 aliphatic heterocycles. The second kappa shape index (κ2) is 4.66. The average molecular weight is 259 g/mol. The van der Waals surface area contributed by atoms with Gasteiger partial charge < -0.3 is 14.4 Å². The molecule has 1 fully saturated rings. The van der Waals surface area contributed by atoms with Gasteiger partial charge in [-0.1, -0.05) is 6.92 Å². The lowest BCUT2D eigenvalue weighted by molar-refractivity contribution is 0.0698. The molecule has 1 aliphatic rings. The second-order valence-electron chi connectivity index (χ2n) is 5.00. The molecule has 0 aliphatic carbocycles. The number of likely N-dealkylation sites (tertiary alicyclic amines) is 1. The van der Waals surface area contributed by atoms with Gasteiger partial charge in [0.1, 0.15) is 5.56 Å². The highest BCUT2D eigenvalue weighted by Gasteiger charge is 2.25. The van der Waals surface area contributed by atoms with E-state index < -0.39 is 5.97 Å². The summed E-state index contributed by atoms with van der Waals surface area (Å²) in [5.74, 6) is -0.508. The molecule has 3 rings (SSSR count). The van der Waals surface area contributed by atoms with Gasteiger partial charge in [0, 0.05) is 24.9 Å². The Labute approximate surface area is 111 Å². The molecule has 1 atom stereocenters. The summed E-state index contributed by atoms with van der Waals surface area (Å²) in [4.78, 5) is 18.1. The number of imidazole rings is 1. The van der Waals surface area contributed by atoms with Crippen LogP contribution in [-0.2, 0) is 0 Å². The van der Waals surface area contributed by atoms with Gasteiger partial charge in [0.25, 0.3) is 0 Å². The van der Waals surface area contributed by atoms with Crippen molar-refractivity contribution in [3.63, 3.8) is 0 Å². The molecule has 0 bridgehead atoms. The van der Waals surface area contributed by atoms with Crippen LogP contribution in [-0.4, -0.2) is 45.0 Å². The molecule has 2 aromatic heterocycles. The normalized spacial score (nSPS) is 20.2. The molecule has 100 valence electrons. The van der Waals surface area contributed by atoms with Crippen molar-refractivity contribution in [3.8, 4) is 0 Å². The first-order chi connectivity index (χ1) is 9.19. The topological polar surface area (TPSA) is 57.8 Å². The highest BCUT2D eigenvalue weighted by Crippen LogP contribution is 2.27. The van der Waals surface area contributed by atoms with Gasteiger partial charge in [0.2, 0.25) is 0 Å². The van der Waals surface area contributed by atoms with E-state index in [4.69, 9.17) is 0 Å². The molecule has 0 amide bonds. The maximum Gasteiger partial charge on any atom is 0.339 e. The van der Waals surface area contributed by atoms with Gasteiger partial charge in [0.15, 0.2) is 5.65 Å². The van der Waals surface area contributed by atoms with Gasteiger partial charge in [-0.15, -0.1) is 0 Å². The molecule has 19 heavy (non-hydrogen) atoms. The molecular formula is C14H17N3O2. The highest BCUT2D eigenvalue weighted by molar-refractivity contribution is 5.94. The first-order valence-electron chi connectivity index (χ1n) is 6.62. The molecule has 0 spiro atoms. The van der Waals surface area contributed by atoms with Gasteiger partial charge in [-0.25, -0.2) is 9.78 Å². The van der Waals surface area contributed by atoms with Gasteiger partial charge in [-0.3, -0.25) is 0 Å². The summed E-state index contributed by atoms with van der Waals surface area (Å²) in [5, 5.41) is 9.18. The lowest BCUT2D eigenvalue weighted by atomic mass is 10.1. The Balaban J connectivity index is 1.98. The predicted molar refractivity (Wildman–Crippen MR) is 71.6 cm³/mol. The van der Waals surface area contributed by atoms with Crippen molar-refractivity contribution in [1.82, 2.24) is 14.3 Å². The Morgan fingerprint density at radius 3 is 3.11 bits per heavy atom. The molecule has 1 unspecified atom stereocenters. The minimum Gasteiger partial charge on any atom is -0.478 e. The van der Waals surface area contributed by atoms with Crippen LogP contribution in [0.15, 0.2) is 24.5 Å². The van der Waals surface area contributed by atoms with E-state index in [1.54, 1.807) is 12.1 Å². The van der Waals surface area contributed by atoms with Crippen molar-refractivity contribution in [2.24, 2.45) is 0 Å². The van der Waals surface area contributed by atoms with Crippen molar-refractivity contribution in [2.75, 3.05) is 19.6 Å². The summed E-state index contributed by atoms with van der Waals surface area (Å²) in [6, 6.07) is 3.34. The smallest absolute Gasteiger partial charge is 0.339 e. The summed E-state index contributed by atoms with van der Waals surface area (Å²) in [6.07, 6.45) is 4.91. The van der Waals surface area contributed by atoms with E-state index in [0.29, 0.717) is 11.6 Å². The number of pyridine rings is 1. The van der Waals surface area contributed by atoms with Crippen molar-refractivity contribution >= 4 is 11.6 Å². The molecule has 0 aromatic carbocycles. The summed E-state index contributed by atoms with van der Waals surface area (Å²) in [7, 11) is 0. The zero-order valence-corrected chi connectivity index (χ0v) is 10.9. The van der Waals surface area contributed by atoms with E-state index in [0.717, 1.165) is 31.7 Å². The molecule has 2 aromatic rings. The third-order valence-corrected chi connectivity index (χ3v) is 3.87. The van der Waals surface area contributed by atoms with E-state index in [1.807, 2.05) is 16.8 Å². The van der Waals surface area contributed by atoms with Crippen molar-refractivity contribution in [1.29, 1.82) is 0 Å². The third-order valence-electron chi connectivity index (χ3n) is 3.87. The lowest BCUT2D eigenvalue weighted by Crippen LogP contribution is -2.19. The third kappa shape index (κ3) is 2.10. The van der Waals surface area contributed by atoms with E-state index in [9.17, 15) is 9.90 Å². The number of nitrogens with zero attached hydrogens (tertiary/aromatic N) is 3. The van der Waals surface area contributed by atoms with Gasteiger partial charge in [0.05, 0.1) is 5.69 Å². The van der Waals surface area contributed by atoms with Crippen LogP contribution in [0.2, 0.25) is 0 Å². The van der Waals surface area contributed by atoms with Crippen molar-refractivity contribution in [2.45, 2.75) is 19.3 Å². The number of carbonyl (C=O) groups is 1. The zero-order valence-electron chi connectivity index (χ0n) is 10.9. The Bertz CT molecular complexity index is 620. The van der Waals surface area contributed by atoms with Crippen LogP contribution in [0.3, 0.4) is 0 Å². The number of aromatic carboxylic acids is 1. The first-order valence-corrected chi connectivity index (χ1v) is 6.62. The van der Waals surface area contributed by atoms with E-state index in [2.05, 4.69) is 16.8 Å². The quantitative estimate of drug-likeness (QED) is 0.913. The van der Waals surface area contributed by atoms with Crippen LogP contribution in [0.5, 0.6) is 0 Å². The first kappa shape index (κ1) is 12.2. The molecule has 5 nitrogen and oxygen atoms in total. The highest BCUT2D eigenvalue weighted by atomic mass is 16.4. The summed E-state index contributed by atoms with van der Waals surface area (Å²) in [6.45, 7) is 5.34. The lowest BCUT2D eigenvalue weighted by Gasteiger charge is -2.11. The minimum atomic E-state index is -0.927. The fourth-order valence-electron chi connectivity index (χ4n) is 2.76.